The first kappa shape index (κ1) is 12.8. The van der Waals surface area contributed by atoms with Gasteiger partial charge in [0, 0.05) is 6.54 Å². The van der Waals surface area contributed by atoms with Crippen molar-refractivity contribution in [2.45, 2.75) is 6.54 Å². The number of hydrogen-bond acceptors (Lipinski definition) is 1. The van der Waals surface area contributed by atoms with Gasteiger partial charge < -0.3 is 5.32 Å². The van der Waals surface area contributed by atoms with Crippen LogP contribution in [0, 0.1) is 17.5 Å². The van der Waals surface area contributed by atoms with Crippen LogP contribution in [0.1, 0.15) is 5.56 Å². The third-order valence-electron chi connectivity index (χ3n) is 2.40. The molecular weight excluding hydrogens is 263 g/mol. The topological polar surface area (TPSA) is 12.0 Å². The summed E-state index contributed by atoms with van der Waals surface area (Å²) in [4.78, 5) is 0. The molecule has 0 heterocycles. The van der Waals surface area contributed by atoms with E-state index in [1.807, 2.05) is 0 Å². The average Bonchev–Trinajstić information content (AvgIpc) is 2.34. The van der Waals surface area contributed by atoms with Crippen molar-refractivity contribution in [1.82, 2.24) is 0 Å². The van der Waals surface area contributed by atoms with Gasteiger partial charge in [0.15, 0.2) is 0 Å². The molecule has 1 nitrogen and oxygen atoms in total. The van der Waals surface area contributed by atoms with Gasteiger partial charge >= 0.3 is 0 Å². The third kappa shape index (κ3) is 2.96. The van der Waals surface area contributed by atoms with Crippen molar-refractivity contribution in [3.63, 3.8) is 0 Å². The summed E-state index contributed by atoms with van der Waals surface area (Å²) in [5.41, 5.74) is 0.723. The summed E-state index contributed by atoms with van der Waals surface area (Å²) in [5, 5.41) is 2.72. The quantitative estimate of drug-likeness (QED) is 0.874. The lowest BCUT2D eigenvalue weighted by Crippen LogP contribution is -2.02. The van der Waals surface area contributed by atoms with E-state index in [-0.39, 0.29) is 17.3 Å². The zero-order chi connectivity index (χ0) is 13.1. The van der Waals surface area contributed by atoms with E-state index < -0.39 is 17.5 Å². The Morgan fingerprint density at radius 2 is 1.67 bits per heavy atom. The normalized spacial score (nSPS) is 10.4. The lowest BCUT2D eigenvalue weighted by molar-refractivity contribution is 0.602. The lowest BCUT2D eigenvalue weighted by atomic mass is 10.2. The summed E-state index contributed by atoms with van der Waals surface area (Å²) in [5.74, 6) is -1.60. The molecule has 0 radical (unpaired) electrons. The molecule has 0 aliphatic heterocycles. The minimum absolute atomic E-state index is 0.00554. The van der Waals surface area contributed by atoms with Gasteiger partial charge in [-0.05, 0) is 35.9 Å². The number of anilines is 1. The standard InChI is InChI=1S/C13H9ClF3N/c14-10-5-8(1-3-11(10)16)7-18-13-6-9(15)2-4-12(13)17/h1-6,18H,7H2. The van der Waals surface area contributed by atoms with E-state index >= 15 is 0 Å². The zero-order valence-electron chi connectivity index (χ0n) is 9.18. The van der Waals surface area contributed by atoms with Crippen LogP contribution in [-0.2, 0) is 6.54 Å². The third-order valence-corrected chi connectivity index (χ3v) is 2.69. The van der Waals surface area contributed by atoms with E-state index in [4.69, 9.17) is 11.6 Å². The SMILES string of the molecule is Fc1ccc(F)c(NCc2ccc(F)c(Cl)c2)c1. The fourth-order valence-electron chi connectivity index (χ4n) is 1.48. The second-order valence-electron chi connectivity index (χ2n) is 3.73. The molecule has 0 amide bonds. The smallest absolute Gasteiger partial charge is 0.146 e. The molecule has 5 heteroatoms. The Morgan fingerprint density at radius 1 is 0.944 bits per heavy atom. The summed E-state index contributed by atoms with van der Waals surface area (Å²) < 4.78 is 39.1. The predicted octanol–water partition coefficient (Wildman–Crippen LogP) is 4.37. The highest BCUT2D eigenvalue weighted by atomic mass is 35.5. The zero-order valence-corrected chi connectivity index (χ0v) is 9.94. The molecular formula is C13H9ClF3N. The Bertz CT molecular complexity index is 572. The Labute approximate surface area is 107 Å². The summed E-state index contributed by atoms with van der Waals surface area (Å²) in [6, 6.07) is 7.30. The second-order valence-corrected chi connectivity index (χ2v) is 4.13. The van der Waals surface area contributed by atoms with E-state index in [1.54, 1.807) is 0 Å². The van der Waals surface area contributed by atoms with Gasteiger partial charge in [0.25, 0.3) is 0 Å². The molecule has 2 aromatic rings. The van der Waals surface area contributed by atoms with Crippen LogP contribution in [0.2, 0.25) is 5.02 Å². The molecule has 2 aromatic carbocycles. The van der Waals surface area contributed by atoms with Gasteiger partial charge in [0.05, 0.1) is 10.7 Å². The molecule has 0 aliphatic carbocycles. The first-order valence-corrected chi connectivity index (χ1v) is 5.57. The van der Waals surface area contributed by atoms with Crippen molar-refractivity contribution >= 4 is 17.3 Å². The van der Waals surface area contributed by atoms with E-state index in [1.165, 1.54) is 18.2 Å². The predicted molar refractivity (Wildman–Crippen MR) is 65.1 cm³/mol. The minimum Gasteiger partial charge on any atom is -0.379 e. The Balaban J connectivity index is 2.11. The van der Waals surface area contributed by atoms with Gasteiger partial charge in [-0.15, -0.1) is 0 Å². The van der Waals surface area contributed by atoms with Crippen LogP contribution in [0.15, 0.2) is 36.4 Å². The highest BCUT2D eigenvalue weighted by molar-refractivity contribution is 6.30. The highest BCUT2D eigenvalue weighted by Crippen LogP contribution is 2.19. The largest absolute Gasteiger partial charge is 0.379 e. The van der Waals surface area contributed by atoms with Gasteiger partial charge in [-0.2, -0.15) is 0 Å². The van der Waals surface area contributed by atoms with Gasteiger partial charge in [0.2, 0.25) is 0 Å². The molecule has 0 saturated carbocycles. The van der Waals surface area contributed by atoms with Crippen LogP contribution in [0.3, 0.4) is 0 Å². The Hall–Kier alpha value is -1.68. The van der Waals surface area contributed by atoms with E-state index in [2.05, 4.69) is 5.32 Å². The van der Waals surface area contributed by atoms with Crippen molar-refractivity contribution in [3.8, 4) is 0 Å². The maximum Gasteiger partial charge on any atom is 0.146 e. The van der Waals surface area contributed by atoms with E-state index in [0.717, 1.165) is 18.2 Å². The Morgan fingerprint density at radius 3 is 2.39 bits per heavy atom. The summed E-state index contributed by atoms with van der Waals surface area (Å²) >= 11 is 5.62. The number of nitrogens with one attached hydrogen (secondary N) is 1. The summed E-state index contributed by atoms with van der Waals surface area (Å²) in [7, 11) is 0. The molecule has 0 unspecified atom stereocenters. The minimum atomic E-state index is -0.551. The van der Waals surface area contributed by atoms with E-state index in [0.29, 0.717) is 5.56 Å². The first-order valence-electron chi connectivity index (χ1n) is 5.19. The van der Waals surface area contributed by atoms with Gasteiger partial charge in [0.1, 0.15) is 17.5 Å². The maximum absolute atomic E-state index is 13.3. The van der Waals surface area contributed by atoms with Gasteiger partial charge in [-0.1, -0.05) is 17.7 Å². The van der Waals surface area contributed by atoms with Gasteiger partial charge in [-0.3, -0.25) is 0 Å². The lowest BCUT2D eigenvalue weighted by Gasteiger charge is -2.08. The van der Waals surface area contributed by atoms with Crippen molar-refractivity contribution in [2.75, 3.05) is 5.32 Å². The number of hydrogen-bond donors (Lipinski definition) is 1. The molecule has 2 rings (SSSR count). The summed E-state index contributed by atoms with van der Waals surface area (Å²) in [6.07, 6.45) is 0. The van der Waals surface area contributed by atoms with Crippen LogP contribution >= 0.6 is 11.6 Å². The molecule has 0 aromatic heterocycles. The monoisotopic (exact) mass is 271 g/mol. The fraction of sp³-hybridized carbons (Fsp3) is 0.0769. The van der Waals surface area contributed by atoms with Crippen molar-refractivity contribution in [3.05, 3.63) is 64.4 Å². The number of benzene rings is 2. The molecule has 0 bridgehead atoms. The van der Waals surface area contributed by atoms with E-state index in [9.17, 15) is 13.2 Å². The fourth-order valence-corrected chi connectivity index (χ4v) is 1.68. The molecule has 0 atom stereocenters. The first-order chi connectivity index (χ1) is 8.56. The second kappa shape index (κ2) is 5.31. The average molecular weight is 272 g/mol. The van der Waals surface area contributed by atoms with Crippen LogP contribution in [0.25, 0.3) is 0 Å². The van der Waals surface area contributed by atoms with Gasteiger partial charge in [-0.25, -0.2) is 13.2 Å². The number of halogens is 4. The van der Waals surface area contributed by atoms with Crippen LogP contribution in [0.5, 0.6) is 0 Å². The molecule has 94 valence electrons. The van der Waals surface area contributed by atoms with Crippen LogP contribution in [0.4, 0.5) is 18.9 Å². The molecule has 0 aliphatic rings. The molecule has 1 N–H and O–H groups in total. The molecule has 0 saturated heterocycles. The van der Waals surface area contributed by atoms with Crippen molar-refractivity contribution in [2.24, 2.45) is 0 Å². The highest BCUT2D eigenvalue weighted by Gasteiger charge is 2.05. The molecule has 0 spiro atoms. The van der Waals surface area contributed by atoms with Crippen molar-refractivity contribution in [1.29, 1.82) is 0 Å². The maximum atomic E-state index is 13.3. The Kier molecular flexibility index (Phi) is 3.77. The van der Waals surface area contributed by atoms with Crippen LogP contribution in [-0.4, -0.2) is 0 Å². The van der Waals surface area contributed by atoms with Crippen molar-refractivity contribution < 1.29 is 13.2 Å². The molecule has 18 heavy (non-hydrogen) atoms. The van der Waals surface area contributed by atoms with Crippen LogP contribution < -0.4 is 5.32 Å². The number of rotatable bonds is 3. The summed E-state index contributed by atoms with van der Waals surface area (Å²) in [6.45, 7) is 0.223. The molecule has 0 fully saturated rings.